The molecule has 6 nitrogen and oxygen atoms in total. The first-order valence-electron chi connectivity index (χ1n) is 9.74. The summed E-state index contributed by atoms with van der Waals surface area (Å²) in [6.45, 7) is 5.67. The van der Waals surface area contributed by atoms with Crippen LogP contribution in [0.15, 0.2) is 36.4 Å². The summed E-state index contributed by atoms with van der Waals surface area (Å²) in [6.07, 6.45) is 2.24. The molecule has 2 heterocycles. The van der Waals surface area contributed by atoms with Crippen LogP contribution in [0.1, 0.15) is 54.3 Å². The number of hydrogen-bond acceptors (Lipinski definition) is 4. The first kappa shape index (κ1) is 18.5. The maximum absolute atomic E-state index is 12.6. The van der Waals surface area contributed by atoms with E-state index >= 15 is 0 Å². The van der Waals surface area contributed by atoms with Gasteiger partial charge in [0.05, 0.1) is 11.6 Å². The van der Waals surface area contributed by atoms with Gasteiger partial charge in [-0.15, -0.1) is 0 Å². The molecule has 1 saturated carbocycles. The van der Waals surface area contributed by atoms with Gasteiger partial charge >= 0.3 is 5.97 Å². The van der Waals surface area contributed by atoms with E-state index in [2.05, 4.69) is 17.2 Å². The van der Waals surface area contributed by atoms with Gasteiger partial charge in [-0.25, -0.2) is 9.78 Å². The second-order valence-corrected chi connectivity index (χ2v) is 7.94. The summed E-state index contributed by atoms with van der Waals surface area (Å²) in [5.74, 6) is 0.396. The minimum Gasteiger partial charge on any atom is -0.478 e. The number of amides is 1. The Morgan fingerprint density at radius 2 is 1.96 bits per heavy atom. The highest BCUT2D eigenvalue weighted by atomic mass is 16.4. The third-order valence-electron chi connectivity index (χ3n) is 5.87. The smallest absolute Gasteiger partial charge is 0.335 e. The number of benzene rings is 1. The Balaban J connectivity index is 1.83. The van der Waals surface area contributed by atoms with Crippen LogP contribution in [0.4, 0.5) is 11.5 Å². The second kappa shape index (κ2) is 6.93. The number of carbonyl (C=O) groups is 2. The number of fused-ring (bicyclic) bond motifs is 1. The van der Waals surface area contributed by atoms with Crippen LogP contribution in [0.2, 0.25) is 0 Å². The zero-order valence-electron chi connectivity index (χ0n) is 16.3. The molecular weight excluding hydrogens is 354 g/mol. The van der Waals surface area contributed by atoms with Gasteiger partial charge in [0.15, 0.2) is 0 Å². The van der Waals surface area contributed by atoms with Crippen LogP contribution < -0.4 is 10.2 Å². The molecule has 0 radical (unpaired) electrons. The molecule has 28 heavy (non-hydrogen) atoms. The van der Waals surface area contributed by atoms with E-state index in [1.54, 1.807) is 25.1 Å². The summed E-state index contributed by atoms with van der Waals surface area (Å²) in [7, 11) is 0. The van der Waals surface area contributed by atoms with Gasteiger partial charge in [-0.2, -0.15) is 0 Å². The van der Waals surface area contributed by atoms with E-state index in [0.29, 0.717) is 5.92 Å². The maximum atomic E-state index is 12.6. The number of nitrogens with zero attached hydrogens (tertiary/aromatic N) is 2. The summed E-state index contributed by atoms with van der Waals surface area (Å²) in [5, 5.41) is 13.0. The van der Waals surface area contributed by atoms with Gasteiger partial charge in [0.1, 0.15) is 5.82 Å². The van der Waals surface area contributed by atoms with Crippen molar-refractivity contribution >= 4 is 23.4 Å². The van der Waals surface area contributed by atoms with Gasteiger partial charge in [-0.3, -0.25) is 4.79 Å². The summed E-state index contributed by atoms with van der Waals surface area (Å²) in [5.41, 5.74) is 2.78. The third kappa shape index (κ3) is 3.23. The van der Waals surface area contributed by atoms with Gasteiger partial charge in [0, 0.05) is 30.3 Å². The van der Waals surface area contributed by atoms with E-state index in [0.717, 1.165) is 35.6 Å². The summed E-state index contributed by atoms with van der Waals surface area (Å²) >= 11 is 0. The van der Waals surface area contributed by atoms with Gasteiger partial charge in [-0.05, 0) is 61.6 Å². The number of pyridine rings is 1. The van der Waals surface area contributed by atoms with Crippen LogP contribution in [0, 0.1) is 18.8 Å². The molecule has 0 spiro atoms. The lowest BCUT2D eigenvalue weighted by Gasteiger charge is -2.46. The zero-order chi connectivity index (χ0) is 20.0. The van der Waals surface area contributed by atoms with E-state index in [4.69, 9.17) is 0 Å². The Labute approximate surface area is 164 Å². The Kier molecular flexibility index (Phi) is 4.57. The maximum Gasteiger partial charge on any atom is 0.335 e. The van der Waals surface area contributed by atoms with E-state index in [1.165, 1.54) is 0 Å². The van der Waals surface area contributed by atoms with Crippen LogP contribution >= 0.6 is 0 Å². The molecule has 4 rings (SSSR count). The molecule has 1 aromatic heterocycles. The first-order chi connectivity index (χ1) is 13.4. The van der Waals surface area contributed by atoms with Gasteiger partial charge < -0.3 is 15.3 Å². The molecule has 1 amide bonds. The van der Waals surface area contributed by atoms with Gasteiger partial charge in [0.25, 0.3) is 0 Å². The van der Waals surface area contributed by atoms with Gasteiger partial charge in [0.2, 0.25) is 5.91 Å². The topological polar surface area (TPSA) is 82.5 Å². The fourth-order valence-corrected chi connectivity index (χ4v) is 4.48. The van der Waals surface area contributed by atoms with E-state index < -0.39 is 5.97 Å². The highest BCUT2D eigenvalue weighted by Gasteiger charge is 2.47. The second-order valence-electron chi connectivity index (χ2n) is 7.94. The summed E-state index contributed by atoms with van der Waals surface area (Å²) < 4.78 is 0. The average Bonchev–Trinajstić information content (AvgIpc) is 3.47. The Morgan fingerprint density at radius 1 is 1.21 bits per heavy atom. The number of aromatic nitrogens is 1. The Bertz CT molecular complexity index is 938. The monoisotopic (exact) mass is 379 g/mol. The lowest BCUT2D eigenvalue weighted by atomic mass is 9.79. The molecule has 1 aliphatic carbocycles. The molecule has 1 fully saturated rings. The zero-order valence-corrected chi connectivity index (χ0v) is 16.3. The highest BCUT2D eigenvalue weighted by molar-refractivity contribution is 5.96. The van der Waals surface area contributed by atoms with Crippen molar-refractivity contribution < 1.29 is 14.7 Å². The molecule has 0 saturated heterocycles. The standard InChI is InChI=1S/C22H25N3O3/c1-12-5-4-6-19(23-12)24-20-13(2)21(15-7-8-15)25(14(3)26)18-10-9-16(22(27)28)11-17(18)20/h4-6,9-11,13,15,20-21H,7-8H2,1-3H3,(H,23,24)(H,27,28)/t13-,20-,21?/m1/s1. The number of carbonyl (C=O) groups excluding carboxylic acids is 1. The van der Waals surface area contributed by atoms with Gasteiger partial charge in [-0.1, -0.05) is 13.0 Å². The number of rotatable bonds is 4. The number of aromatic carboxylic acids is 1. The van der Waals surface area contributed by atoms with E-state index in [1.807, 2.05) is 30.0 Å². The SMILES string of the molecule is CC(=O)N1c2ccc(C(=O)O)cc2[C@H](Nc2cccc(C)n2)[C@@H](C)C1C1CC1. The van der Waals surface area contributed by atoms with E-state index in [9.17, 15) is 14.7 Å². The molecule has 6 heteroatoms. The number of hydrogen-bond donors (Lipinski definition) is 2. The normalized spacial score (nSPS) is 23.8. The van der Waals surface area contributed by atoms with Crippen molar-refractivity contribution in [3.05, 3.63) is 53.2 Å². The number of anilines is 2. The largest absolute Gasteiger partial charge is 0.478 e. The van der Waals surface area contributed by atoms with Crippen molar-refractivity contribution in [3.8, 4) is 0 Å². The van der Waals surface area contributed by atoms with Crippen LogP contribution in [0.3, 0.4) is 0 Å². The van der Waals surface area contributed by atoms with Crippen molar-refractivity contribution in [2.24, 2.45) is 11.8 Å². The minimum absolute atomic E-state index is 0.000190. The third-order valence-corrected chi connectivity index (χ3v) is 5.87. The van der Waals surface area contributed by atoms with Crippen LogP contribution in [-0.2, 0) is 4.79 Å². The highest BCUT2D eigenvalue weighted by Crippen LogP contribution is 2.50. The molecule has 2 aromatic rings. The Morgan fingerprint density at radius 3 is 2.57 bits per heavy atom. The van der Waals surface area contributed by atoms with Crippen molar-refractivity contribution in [2.75, 3.05) is 10.2 Å². The van der Waals surface area contributed by atoms with Crippen LogP contribution in [0.5, 0.6) is 0 Å². The molecule has 1 aliphatic heterocycles. The number of nitrogens with one attached hydrogen (secondary N) is 1. The molecule has 1 aromatic carbocycles. The van der Waals surface area contributed by atoms with Crippen molar-refractivity contribution in [3.63, 3.8) is 0 Å². The fourth-order valence-electron chi connectivity index (χ4n) is 4.48. The van der Waals surface area contributed by atoms with E-state index in [-0.39, 0.29) is 29.5 Å². The lowest BCUT2D eigenvalue weighted by molar-refractivity contribution is -0.117. The predicted molar refractivity (Wildman–Crippen MR) is 108 cm³/mol. The molecule has 0 bridgehead atoms. The van der Waals surface area contributed by atoms with Crippen molar-refractivity contribution in [1.82, 2.24) is 4.98 Å². The molecule has 2 aliphatic rings. The number of aryl methyl sites for hydroxylation is 1. The molecule has 146 valence electrons. The quantitative estimate of drug-likeness (QED) is 0.838. The Hall–Kier alpha value is -2.89. The van der Waals surface area contributed by atoms with Crippen LogP contribution in [0.25, 0.3) is 0 Å². The lowest BCUT2D eigenvalue weighted by Crippen LogP contribution is -2.51. The summed E-state index contributed by atoms with van der Waals surface area (Å²) in [6, 6.07) is 10.8. The summed E-state index contributed by atoms with van der Waals surface area (Å²) in [4.78, 5) is 30.6. The first-order valence-corrected chi connectivity index (χ1v) is 9.74. The van der Waals surface area contributed by atoms with Crippen molar-refractivity contribution in [2.45, 2.75) is 45.7 Å². The fraction of sp³-hybridized carbons (Fsp3) is 0.409. The van der Waals surface area contributed by atoms with Crippen molar-refractivity contribution in [1.29, 1.82) is 0 Å². The average molecular weight is 379 g/mol. The number of carboxylic acid groups (broad SMARTS) is 1. The molecule has 1 unspecified atom stereocenters. The number of carboxylic acids is 1. The predicted octanol–water partition coefficient (Wildman–Crippen LogP) is 4.02. The molecule has 2 N–H and O–H groups in total. The minimum atomic E-state index is -0.971. The molecular formula is C22H25N3O3. The molecule has 3 atom stereocenters. The van der Waals surface area contributed by atoms with Crippen LogP contribution in [-0.4, -0.2) is 28.0 Å².